The quantitative estimate of drug-likeness (QED) is 0.784. The van der Waals surface area contributed by atoms with Crippen molar-refractivity contribution < 1.29 is 0 Å². The van der Waals surface area contributed by atoms with E-state index in [9.17, 15) is 0 Å². The molecule has 0 unspecified atom stereocenters. The summed E-state index contributed by atoms with van der Waals surface area (Å²) in [6, 6.07) is 0. The molecule has 2 heterocycles. The van der Waals surface area contributed by atoms with Crippen LogP contribution >= 0.6 is 23.5 Å². The lowest BCUT2D eigenvalue weighted by molar-refractivity contribution is 0.372. The average molecular weight is 267 g/mol. The zero-order valence-electron chi connectivity index (χ0n) is 10.1. The molecule has 1 aromatic heterocycles. The largest absolute Gasteiger partial charge is 0.302 e. The molecule has 0 N–H and O–H groups in total. The van der Waals surface area contributed by atoms with Crippen LogP contribution in [-0.2, 0) is 0 Å². The molecule has 0 atom stereocenters. The van der Waals surface area contributed by atoms with Crippen LogP contribution in [0.25, 0.3) is 5.57 Å². The molecule has 3 nitrogen and oxygen atoms in total. The summed E-state index contributed by atoms with van der Waals surface area (Å²) in [5.74, 6) is 2.17. The summed E-state index contributed by atoms with van der Waals surface area (Å²) >= 11 is 3.25. The first-order valence-electron chi connectivity index (χ1n) is 6.16. The summed E-state index contributed by atoms with van der Waals surface area (Å²) in [6.07, 6.45) is 6.28. The van der Waals surface area contributed by atoms with E-state index in [0.717, 1.165) is 36.1 Å². The van der Waals surface area contributed by atoms with Gasteiger partial charge in [-0.05, 0) is 37.8 Å². The Morgan fingerprint density at radius 3 is 3.12 bits per heavy atom. The Morgan fingerprint density at radius 2 is 2.35 bits per heavy atom. The van der Waals surface area contributed by atoms with E-state index in [2.05, 4.69) is 26.8 Å². The van der Waals surface area contributed by atoms with Crippen LogP contribution in [0.1, 0.15) is 25.0 Å². The van der Waals surface area contributed by atoms with Gasteiger partial charge in [-0.25, -0.2) is 0 Å². The van der Waals surface area contributed by atoms with E-state index in [-0.39, 0.29) is 0 Å². The molecule has 0 radical (unpaired) electrons. The monoisotopic (exact) mass is 267 g/mol. The van der Waals surface area contributed by atoms with Crippen LogP contribution in [0.15, 0.2) is 11.1 Å². The van der Waals surface area contributed by atoms with Gasteiger partial charge in [-0.2, -0.15) is 8.75 Å². The fraction of sp³-hybridized carbons (Fsp3) is 0.667. The van der Waals surface area contributed by atoms with Gasteiger partial charge in [-0.15, -0.1) is 11.8 Å². The lowest BCUT2D eigenvalue weighted by Crippen LogP contribution is -2.25. The van der Waals surface area contributed by atoms with Crippen LogP contribution in [0.5, 0.6) is 0 Å². The Hall–Kier alpha value is -0.390. The number of likely N-dealkylation sites (N-methyl/N-ethyl adjacent to an activating group) is 1. The highest BCUT2D eigenvalue weighted by Crippen LogP contribution is 2.37. The highest BCUT2D eigenvalue weighted by molar-refractivity contribution is 7.99. The van der Waals surface area contributed by atoms with Gasteiger partial charge in [0.25, 0.3) is 0 Å². The summed E-state index contributed by atoms with van der Waals surface area (Å²) < 4.78 is 8.94. The number of thioether (sulfide) groups is 1. The third-order valence-electron chi connectivity index (χ3n) is 3.26. The molecule has 0 bridgehead atoms. The Kier molecular flexibility index (Phi) is 3.49. The predicted molar refractivity (Wildman–Crippen MR) is 73.4 cm³/mol. The van der Waals surface area contributed by atoms with Crippen molar-refractivity contribution in [3.8, 4) is 0 Å². The van der Waals surface area contributed by atoms with Gasteiger partial charge in [-0.3, -0.25) is 0 Å². The molecule has 0 amide bonds. The predicted octanol–water partition coefficient (Wildman–Crippen LogP) is 2.76. The first kappa shape index (κ1) is 11.7. The van der Waals surface area contributed by atoms with E-state index >= 15 is 0 Å². The van der Waals surface area contributed by atoms with Crippen molar-refractivity contribution in [3.63, 3.8) is 0 Å². The van der Waals surface area contributed by atoms with Crippen LogP contribution < -0.4 is 0 Å². The van der Waals surface area contributed by atoms with Crippen molar-refractivity contribution in [2.45, 2.75) is 24.3 Å². The van der Waals surface area contributed by atoms with Gasteiger partial charge in [0.05, 0.1) is 11.7 Å². The third-order valence-corrected chi connectivity index (χ3v) is 5.10. The first-order valence-corrected chi connectivity index (χ1v) is 7.88. The average Bonchev–Trinajstić information content (AvgIpc) is 3.04. The molecule has 17 heavy (non-hydrogen) atoms. The van der Waals surface area contributed by atoms with Crippen LogP contribution in [-0.4, -0.2) is 39.5 Å². The summed E-state index contributed by atoms with van der Waals surface area (Å²) in [6.45, 7) is 2.17. The molecular formula is C12H17N3S2. The van der Waals surface area contributed by atoms with Crippen molar-refractivity contribution >= 4 is 29.1 Å². The van der Waals surface area contributed by atoms with Gasteiger partial charge >= 0.3 is 0 Å². The Balaban J connectivity index is 1.72. The van der Waals surface area contributed by atoms with E-state index in [4.69, 9.17) is 0 Å². The van der Waals surface area contributed by atoms with Crippen molar-refractivity contribution in [1.82, 2.24) is 13.6 Å². The molecule has 1 aromatic rings. The molecule has 0 spiro atoms. The maximum absolute atomic E-state index is 4.49. The van der Waals surface area contributed by atoms with Gasteiger partial charge in [0.1, 0.15) is 10.7 Å². The number of hydrogen-bond acceptors (Lipinski definition) is 5. The normalized spacial score (nSPS) is 21.6. The molecule has 1 aliphatic carbocycles. The van der Waals surface area contributed by atoms with Crippen molar-refractivity contribution in [2.24, 2.45) is 5.92 Å². The minimum absolute atomic E-state index is 0.942. The summed E-state index contributed by atoms with van der Waals surface area (Å²) in [7, 11) is 2.17. The minimum atomic E-state index is 0.942. The van der Waals surface area contributed by atoms with E-state index < -0.39 is 0 Å². The van der Waals surface area contributed by atoms with Crippen LogP contribution in [0.2, 0.25) is 0 Å². The van der Waals surface area contributed by atoms with E-state index in [1.165, 1.54) is 35.9 Å². The second-order valence-corrected chi connectivity index (χ2v) is 6.47. The lowest BCUT2D eigenvalue weighted by Gasteiger charge is -2.22. The second kappa shape index (κ2) is 5.08. The third kappa shape index (κ3) is 2.89. The highest BCUT2D eigenvalue weighted by atomic mass is 32.2. The fourth-order valence-corrected chi connectivity index (χ4v) is 3.91. The molecule has 2 aliphatic rings. The Labute approximate surface area is 111 Å². The smallest absolute Gasteiger partial charge is 0.138 e. The zero-order chi connectivity index (χ0) is 11.7. The molecule has 0 saturated heterocycles. The Bertz CT molecular complexity index is 423. The molecular weight excluding hydrogens is 250 g/mol. The number of rotatable bonds is 4. The van der Waals surface area contributed by atoms with E-state index in [1.807, 2.05) is 11.8 Å². The Morgan fingerprint density at radius 1 is 1.47 bits per heavy atom. The lowest BCUT2D eigenvalue weighted by atomic mass is 10.1. The standard InChI is InChI=1S/C12H17N3S2/c1-15-6-2-3-10(7-15)11-12(14-17-13-11)16-8-9-4-5-9/h3,9H,2,4-8H2,1H3. The number of aromatic nitrogens is 2. The second-order valence-electron chi connectivity index (χ2n) is 4.93. The minimum Gasteiger partial charge on any atom is -0.302 e. The van der Waals surface area contributed by atoms with E-state index in [1.54, 1.807) is 0 Å². The number of hydrogen-bond donors (Lipinski definition) is 0. The van der Waals surface area contributed by atoms with Gasteiger partial charge in [0.2, 0.25) is 0 Å². The van der Waals surface area contributed by atoms with Crippen LogP contribution in [0, 0.1) is 5.92 Å². The van der Waals surface area contributed by atoms with Gasteiger partial charge in [0.15, 0.2) is 0 Å². The summed E-state index contributed by atoms with van der Waals surface area (Å²) in [5.41, 5.74) is 2.51. The molecule has 1 aliphatic heterocycles. The topological polar surface area (TPSA) is 29.0 Å². The van der Waals surface area contributed by atoms with Gasteiger partial charge in [0, 0.05) is 18.8 Å². The molecule has 3 rings (SSSR count). The van der Waals surface area contributed by atoms with Crippen molar-refractivity contribution in [3.05, 3.63) is 11.8 Å². The SMILES string of the molecule is CN1CCC=C(c2nsnc2SCC2CC2)C1. The molecule has 1 fully saturated rings. The first-order chi connectivity index (χ1) is 8.33. The van der Waals surface area contributed by atoms with E-state index in [0.29, 0.717) is 0 Å². The van der Waals surface area contributed by atoms with Gasteiger partial charge in [-0.1, -0.05) is 6.08 Å². The number of nitrogens with zero attached hydrogens (tertiary/aromatic N) is 3. The van der Waals surface area contributed by atoms with Crippen molar-refractivity contribution in [2.75, 3.05) is 25.9 Å². The van der Waals surface area contributed by atoms with Gasteiger partial charge < -0.3 is 4.90 Å². The molecule has 92 valence electrons. The highest BCUT2D eigenvalue weighted by Gasteiger charge is 2.23. The molecule has 1 saturated carbocycles. The van der Waals surface area contributed by atoms with Crippen LogP contribution in [0.4, 0.5) is 0 Å². The molecule has 5 heteroatoms. The van der Waals surface area contributed by atoms with Crippen LogP contribution in [0.3, 0.4) is 0 Å². The maximum Gasteiger partial charge on any atom is 0.138 e. The zero-order valence-corrected chi connectivity index (χ0v) is 11.7. The summed E-state index contributed by atoms with van der Waals surface area (Å²) in [4.78, 5) is 2.35. The maximum atomic E-state index is 4.49. The summed E-state index contributed by atoms with van der Waals surface area (Å²) in [5, 5.41) is 1.16. The fourth-order valence-electron chi connectivity index (χ4n) is 2.02. The van der Waals surface area contributed by atoms with Crippen molar-refractivity contribution in [1.29, 1.82) is 0 Å². The molecule has 0 aromatic carbocycles.